The first kappa shape index (κ1) is 35.3. The molecule has 3 aromatic carbocycles. The monoisotopic (exact) mass is 786 g/mol. The summed E-state index contributed by atoms with van der Waals surface area (Å²) in [5.74, 6) is -0.830. The molecule has 1 N–H and O–H groups in total. The summed E-state index contributed by atoms with van der Waals surface area (Å²) in [4.78, 5) is 41.8. The molecule has 5 rings (SSSR count). The zero-order valence-corrected chi connectivity index (χ0v) is 30.3. The van der Waals surface area contributed by atoms with Crippen molar-refractivity contribution in [3.05, 3.63) is 115 Å². The molecule has 0 spiro atoms. The molecule has 2 aliphatic rings. The van der Waals surface area contributed by atoms with Crippen molar-refractivity contribution in [2.75, 3.05) is 44.9 Å². The Labute approximate surface area is 293 Å². The Hall–Kier alpha value is -3.02. The van der Waals surface area contributed by atoms with Crippen molar-refractivity contribution >= 4 is 71.7 Å². The minimum absolute atomic E-state index is 0.0127. The second-order valence-electron chi connectivity index (χ2n) is 11.3. The normalized spacial score (nSPS) is 18.4. The number of halogens is 1. The molecule has 47 heavy (non-hydrogen) atoms. The Bertz CT molecular complexity index is 1510. The molecule has 0 aromatic heterocycles. The fourth-order valence-corrected chi connectivity index (χ4v) is 16.5. The number of thioether (sulfide) groups is 1. The van der Waals surface area contributed by atoms with Crippen LogP contribution in [0.1, 0.15) is 13.3 Å². The molecular weight excluding hydrogens is 746 g/mol. The van der Waals surface area contributed by atoms with Crippen LogP contribution in [0.3, 0.4) is 0 Å². The first-order valence-electron chi connectivity index (χ1n) is 15.6. The molecule has 0 radical (unpaired) electrons. The van der Waals surface area contributed by atoms with Crippen LogP contribution in [-0.4, -0.2) is 79.0 Å². The number of rotatable bonds is 16. The topological polar surface area (TPSA) is 94.2 Å². The maximum absolute atomic E-state index is 13.8. The molecule has 2 atom stereocenters. The molecule has 0 bridgehead atoms. The number of fused-ring (bicyclic) bond motifs is 1. The van der Waals surface area contributed by atoms with Gasteiger partial charge >= 0.3 is 270 Å². The summed E-state index contributed by atoms with van der Waals surface area (Å²) in [5.41, 5.74) is 1.08. The summed E-state index contributed by atoms with van der Waals surface area (Å²) >= 11 is 4.23. The van der Waals surface area contributed by atoms with E-state index in [0.717, 1.165) is 27.9 Å². The second kappa shape index (κ2) is 15.9. The van der Waals surface area contributed by atoms with Gasteiger partial charge in [0.15, 0.2) is 0 Å². The van der Waals surface area contributed by atoms with Crippen LogP contribution in [0, 0.1) is 0 Å². The summed E-state index contributed by atoms with van der Waals surface area (Å²) in [5, 5.41) is 5.86. The van der Waals surface area contributed by atoms with E-state index in [1.54, 1.807) is 11.8 Å². The number of amides is 2. The maximum atomic E-state index is 13.8. The van der Waals surface area contributed by atoms with Crippen molar-refractivity contribution < 1.29 is 28.6 Å². The van der Waals surface area contributed by atoms with Crippen LogP contribution in [0.25, 0.3) is 0 Å². The predicted molar refractivity (Wildman–Crippen MR) is 199 cm³/mol. The number of carbonyl (C=O) groups excluding carboxylic acids is 3. The van der Waals surface area contributed by atoms with Gasteiger partial charge in [0.05, 0.1) is 0 Å². The van der Waals surface area contributed by atoms with Gasteiger partial charge in [0.2, 0.25) is 0 Å². The van der Waals surface area contributed by atoms with Crippen molar-refractivity contribution in [2.45, 2.75) is 24.8 Å². The SMILES string of the molecule is C=CCOC(=O)C1=C(CP(I)(c2ccccc2)(c2ccccc2)c2ccccc2)CSC2[C@H](NC(=O)COCCOCCC)C(=O)N12. The third-order valence-electron chi connectivity index (χ3n) is 8.21. The van der Waals surface area contributed by atoms with Crippen LogP contribution in [0.2, 0.25) is 0 Å². The van der Waals surface area contributed by atoms with Gasteiger partial charge in [-0.2, -0.15) is 0 Å². The molecule has 3 aromatic rings. The van der Waals surface area contributed by atoms with Crippen LogP contribution in [0.5, 0.6) is 0 Å². The van der Waals surface area contributed by atoms with Gasteiger partial charge < -0.3 is 4.74 Å². The van der Waals surface area contributed by atoms with Gasteiger partial charge in [-0.05, 0) is 6.42 Å². The Morgan fingerprint density at radius 1 is 0.936 bits per heavy atom. The number of hydrogen-bond acceptors (Lipinski definition) is 7. The second-order valence-corrected chi connectivity index (χ2v) is 23.0. The van der Waals surface area contributed by atoms with E-state index in [9.17, 15) is 14.4 Å². The number of hydrogen-bond donors (Lipinski definition) is 1. The Kier molecular flexibility index (Phi) is 12.0. The first-order valence-corrected chi connectivity index (χ1v) is 21.9. The number of β-lactam (4-membered cyclic amide) rings is 1. The summed E-state index contributed by atoms with van der Waals surface area (Å²) in [6.45, 7) is 6.87. The molecule has 248 valence electrons. The summed E-state index contributed by atoms with van der Waals surface area (Å²) < 4.78 is 13.1. The van der Waals surface area contributed by atoms with E-state index in [0.29, 0.717) is 25.1 Å². The number of carbonyl (C=O) groups is 3. The van der Waals surface area contributed by atoms with E-state index in [2.05, 4.69) is 107 Å². The average molecular weight is 787 g/mol. The molecule has 1 unspecified atom stereocenters. The van der Waals surface area contributed by atoms with E-state index in [1.807, 2.05) is 25.1 Å². The number of ether oxygens (including phenoxy) is 3. The number of nitrogens with zero attached hydrogens (tertiary/aromatic N) is 1. The first-order chi connectivity index (χ1) is 22.8. The number of esters is 1. The summed E-state index contributed by atoms with van der Waals surface area (Å²) in [7, 11) is 0. The van der Waals surface area contributed by atoms with Crippen molar-refractivity contribution in [1.82, 2.24) is 10.2 Å². The molecular formula is C36H40IN2O6PS. The van der Waals surface area contributed by atoms with Crippen LogP contribution in [0.4, 0.5) is 0 Å². The van der Waals surface area contributed by atoms with Crippen LogP contribution >= 0.6 is 38.0 Å². The van der Waals surface area contributed by atoms with Gasteiger partial charge in [0, 0.05) is 6.61 Å². The quantitative estimate of drug-likeness (QED) is 0.0563. The minimum atomic E-state index is -3.34. The van der Waals surface area contributed by atoms with Gasteiger partial charge in [0.25, 0.3) is 0 Å². The van der Waals surface area contributed by atoms with Gasteiger partial charge in [0.1, 0.15) is 0 Å². The van der Waals surface area contributed by atoms with E-state index in [4.69, 9.17) is 14.2 Å². The fraction of sp³-hybridized carbons (Fsp3) is 0.306. The van der Waals surface area contributed by atoms with Gasteiger partial charge in [-0.25, -0.2) is 0 Å². The van der Waals surface area contributed by atoms with Crippen LogP contribution in [-0.2, 0) is 28.6 Å². The predicted octanol–water partition coefficient (Wildman–Crippen LogP) is 4.69. The van der Waals surface area contributed by atoms with Crippen LogP contribution in [0.15, 0.2) is 115 Å². The van der Waals surface area contributed by atoms with E-state index >= 15 is 0 Å². The Balaban J connectivity index is 1.52. The zero-order chi connectivity index (χ0) is 33.3. The fourth-order valence-electron chi connectivity index (χ4n) is 6.04. The molecule has 0 aliphatic carbocycles. The van der Waals surface area contributed by atoms with Crippen molar-refractivity contribution in [1.29, 1.82) is 0 Å². The van der Waals surface area contributed by atoms with Crippen LogP contribution < -0.4 is 21.2 Å². The summed E-state index contributed by atoms with van der Waals surface area (Å²) in [6, 6.07) is 30.5. The number of benzene rings is 3. The third-order valence-corrected chi connectivity index (χ3v) is 20.7. The molecule has 2 aliphatic heterocycles. The molecule has 0 saturated carbocycles. The van der Waals surface area contributed by atoms with Gasteiger partial charge in [-0.15, -0.1) is 0 Å². The molecule has 1 saturated heterocycles. The molecule has 8 nitrogen and oxygen atoms in total. The average Bonchev–Trinajstić information content (AvgIpc) is 3.12. The van der Waals surface area contributed by atoms with Crippen molar-refractivity contribution in [3.63, 3.8) is 0 Å². The van der Waals surface area contributed by atoms with Gasteiger partial charge in [-0.1, -0.05) is 6.92 Å². The molecule has 2 amide bonds. The van der Waals surface area contributed by atoms with E-state index in [-0.39, 0.29) is 37.3 Å². The molecule has 2 heterocycles. The Morgan fingerprint density at radius 2 is 1.49 bits per heavy atom. The third kappa shape index (κ3) is 7.22. The van der Waals surface area contributed by atoms with Gasteiger partial charge in [-0.3, -0.25) is 0 Å². The summed E-state index contributed by atoms with van der Waals surface area (Å²) in [6.07, 6.45) is 2.93. The van der Waals surface area contributed by atoms with E-state index in [1.165, 1.54) is 11.0 Å². The Morgan fingerprint density at radius 3 is 2.02 bits per heavy atom. The molecule has 11 heteroatoms. The standard InChI is InChI=1S/C36H40IN2O6PS/c1-3-20-43-22-23-44-24-31(40)38-32-34(41)39-33(36(42)45-21-4-2)27(26-47-35(32)39)25-46(37,28-14-8-5-9-15-28,29-16-10-6-11-17-29)30-18-12-7-13-19-30/h4-19,32,35H,2-3,20-26H2,1H3,(H,38,40)/t32-,35?/m1/s1. The molecule has 1 fully saturated rings. The van der Waals surface area contributed by atoms with E-state index < -0.39 is 21.6 Å². The zero-order valence-electron chi connectivity index (χ0n) is 26.4. The van der Waals surface area contributed by atoms with Crippen molar-refractivity contribution in [2.24, 2.45) is 0 Å². The van der Waals surface area contributed by atoms with Crippen molar-refractivity contribution in [3.8, 4) is 0 Å². The number of nitrogens with one attached hydrogen (secondary N) is 1.